The first kappa shape index (κ1) is 8.81. The molecule has 0 aliphatic heterocycles. The lowest BCUT2D eigenvalue weighted by molar-refractivity contribution is 0.475. The second kappa shape index (κ2) is 3.18. The van der Waals surface area contributed by atoms with Gasteiger partial charge in [-0.1, -0.05) is 0 Å². The maximum absolute atomic E-state index is 9.26. The lowest BCUT2D eigenvalue weighted by atomic mass is 10.2. The molecule has 0 bridgehead atoms. The van der Waals surface area contributed by atoms with Crippen molar-refractivity contribution < 1.29 is 5.11 Å². The quantitative estimate of drug-likeness (QED) is 0.745. The van der Waals surface area contributed by atoms with E-state index < -0.39 is 0 Å². The van der Waals surface area contributed by atoms with Crippen LogP contribution in [0.1, 0.15) is 11.3 Å². The normalized spacial score (nSPS) is 10.4. The van der Waals surface area contributed by atoms with Crippen LogP contribution in [-0.4, -0.2) is 14.7 Å². The molecule has 3 heteroatoms. The summed E-state index contributed by atoms with van der Waals surface area (Å²) in [6.07, 6.45) is 3.73. The van der Waals surface area contributed by atoms with Gasteiger partial charge in [-0.3, -0.25) is 0 Å². The lowest BCUT2D eigenvalue weighted by Gasteiger charge is -2.06. The number of nitrogens with zero attached hydrogens (tertiary/aromatic N) is 2. The molecule has 3 nitrogen and oxygen atoms in total. The Morgan fingerprint density at radius 1 is 1.29 bits per heavy atom. The first-order valence-corrected chi connectivity index (χ1v) is 4.47. The van der Waals surface area contributed by atoms with Crippen molar-refractivity contribution in [3.05, 3.63) is 42.0 Å². The minimum atomic E-state index is 0.295. The Bertz CT molecular complexity index is 460. The van der Waals surface area contributed by atoms with Crippen LogP contribution < -0.4 is 0 Å². The van der Waals surface area contributed by atoms with E-state index in [2.05, 4.69) is 4.98 Å². The van der Waals surface area contributed by atoms with Crippen molar-refractivity contribution in [2.24, 2.45) is 0 Å². The number of aromatic hydroxyl groups is 1. The average molecular weight is 188 g/mol. The molecule has 1 N–H and O–H groups in total. The predicted molar refractivity (Wildman–Crippen MR) is 54.7 cm³/mol. The van der Waals surface area contributed by atoms with Gasteiger partial charge >= 0.3 is 0 Å². The van der Waals surface area contributed by atoms with Crippen LogP contribution in [0, 0.1) is 13.8 Å². The number of benzene rings is 1. The number of imidazole rings is 1. The van der Waals surface area contributed by atoms with Crippen LogP contribution >= 0.6 is 0 Å². The third kappa shape index (κ3) is 1.48. The smallest absolute Gasteiger partial charge is 0.115 e. The van der Waals surface area contributed by atoms with E-state index in [1.54, 1.807) is 18.5 Å². The molecule has 1 aromatic carbocycles. The number of hydrogen-bond acceptors (Lipinski definition) is 2. The molecule has 0 spiro atoms. The number of hydrogen-bond donors (Lipinski definition) is 1. The monoisotopic (exact) mass is 188 g/mol. The van der Waals surface area contributed by atoms with E-state index in [0.29, 0.717) is 5.75 Å². The van der Waals surface area contributed by atoms with Gasteiger partial charge in [-0.05, 0) is 37.6 Å². The third-order valence-corrected chi connectivity index (χ3v) is 2.17. The molecule has 0 amide bonds. The Morgan fingerprint density at radius 3 is 2.64 bits per heavy atom. The Hall–Kier alpha value is -1.77. The highest BCUT2D eigenvalue weighted by molar-refractivity contribution is 5.44. The highest BCUT2D eigenvalue weighted by Crippen LogP contribution is 2.19. The maximum Gasteiger partial charge on any atom is 0.115 e. The van der Waals surface area contributed by atoms with Gasteiger partial charge in [0.15, 0.2) is 0 Å². The zero-order valence-corrected chi connectivity index (χ0v) is 8.23. The van der Waals surface area contributed by atoms with Gasteiger partial charge in [0.1, 0.15) is 5.75 Å². The molecule has 0 saturated heterocycles. The van der Waals surface area contributed by atoms with Crippen molar-refractivity contribution in [1.82, 2.24) is 9.55 Å². The van der Waals surface area contributed by atoms with Gasteiger partial charge in [0.25, 0.3) is 0 Å². The fourth-order valence-corrected chi connectivity index (χ4v) is 1.48. The minimum Gasteiger partial charge on any atom is -0.508 e. The molecule has 14 heavy (non-hydrogen) atoms. The molecule has 0 unspecified atom stereocenters. The fourth-order valence-electron chi connectivity index (χ4n) is 1.48. The second-order valence-corrected chi connectivity index (χ2v) is 3.39. The first-order chi connectivity index (χ1) is 6.66. The Labute approximate surface area is 82.7 Å². The van der Waals surface area contributed by atoms with Crippen LogP contribution in [0.15, 0.2) is 30.7 Å². The highest BCUT2D eigenvalue weighted by Gasteiger charge is 2.01. The first-order valence-electron chi connectivity index (χ1n) is 4.47. The van der Waals surface area contributed by atoms with Gasteiger partial charge in [-0.25, -0.2) is 4.98 Å². The summed E-state index contributed by atoms with van der Waals surface area (Å²) in [5, 5.41) is 9.26. The summed E-state index contributed by atoms with van der Waals surface area (Å²) in [4.78, 5) is 4.16. The van der Waals surface area contributed by atoms with Crippen molar-refractivity contribution in [2.45, 2.75) is 13.8 Å². The van der Waals surface area contributed by atoms with Gasteiger partial charge in [-0.15, -0.1) is 0 Å². The Balaban J connectivity index is 2.52. The lowest BCUT2D eigenvalue weighted by Crippen LogP contribution is -1.92. The van der Waals surface area contributed by atoms with E-state index in [0.717, 1.165) is 16.9 Å². The Morgan fingerprint density at radius 2 is 2.07 bits per heavy atom. The molecular formula is C11H12N2O. The average Bonchev–Trinajstić information content (AvgIpc) is 2.51. The minimum absolute atomic E-state index is 0.295. The van der Waals surface area contributed by atoms with Crippen molar-refractivity contribution in [2.75, 3.05) is 0 Å². The summed E-state index contributed by atoms with van der Waals surface area (Å²) in [6.45, 7) is 3.91. The van der Waals surface area contributed by atoms with Crippen molar-refractivity contribution in [3.8, 4) is 11.4 Å². The van der Waals surface area contributed by atoms with Crippen LogP contribution in [0.3, 0.4) is 0 Å². The van der Waals surface area contributed by atoms with Gasteiger partial charge in [0.05, 0.1) is 12.0 Å². The molecule has 1 aromatic heterocycles. The molecule has 0 radical (unpaired) electrons. The maximum atomic E-state index is 9.26. The molecule has 0 saturated carbocycles. The molecule has 2 rings (SSSR count). The summed E-state index contributed by atoms with van der Waals surface area (Å²) in [7, 11) is 0. The van der Waals surface area contributed by atoms with Crippen LogP contribution in [0.2, 0.25) is 0 Å². The molecule has 2 aromatic rings. The predicted octanol–water partition coefficient (Wildman–Crippen LogP) is 2.19. The summed E-state index contributed by atoms with van der Waals surface area (Å²) in [5.74, 6) is 0.295. The van der Waals surface area contributed by atoms with Crippen LogP contribution in [0.5, 0.6) is 5.75 Å². The van der Waals surface area contributed by atoms with E-state index in [4.69, 9.17) is 0 Å². The molecule has 72 valence electrons. The van der Waals surface area contributed by atoms with Crippen LogP contribution in [0.25, 0.3) is 5.69 Å². The summed E-state index contributed by atoms with van der Waals surface area (Å²) in [6, 6.07) is 5.30. The molecule has 0 aliphatic carbocycles. The SMILES string of the molecule is Cc1cn(-c2ccc(O)cc2C)cn1. The number of phenols is 1. The van der Waals surface area contributed by atoms with Crippen molar-refractivity contribution >= 4 is 0 Å². The third-order valence-electron chi connectivity index (χ3n) is 2.17. The molecule has 0 fully saturated rings. The summed E-state index contributed by atoms with van der Waals surface area (Å²) >= 11 is 0. The second-order valence-electron chi connectivity index (χ2n) is 3.39. The standard InChI is InChI=1S/C11H12N2O/c1-8-5-10(14)3-4-11(8)13-6-9(2)12-7-13/h3-7,14H,1-2H3. The number of aromatic nitrogens is 2. The zero-order chi connectivity index (χ0) is 10.1. The number of phenolic OH excluding ortho intramolecular Hbond substituents is 1. The topological polar surface area (TPSA) is 38.0 Å². The largest absolute Gasteiger partial charge is 0.508 e. The van der Waals surface area contributed by atoms with Gasteiger partial charge in [-0.2, -0.15) is 0 Å². The van der Waals surface area contributed by atoms with Gasteiger partial charge < -0.3 is 9.67 Å². The van der Waals surface area contributed by atoms with Gasteiger partial charge in [0.2, 0.25) is 0 Å². The summed E-state index contributed by atoms with van der Waals surface area (Å²) in [5.41, 5.74) is 3.06. The highest BCUT2D eigenvalue weighted by atomic mass is 16.3. The number of aryl methyl sites for hydroxylation is 2. The molecular weight excluding hydrogens is 176 g/mol. The van der Waals surface area contributed by atoms with E-state index in [1.807, 2.05) is 30.7 Å². The van der Waals surface area contributed by atoms with Gasteiger partial charge in [0, 0.05) is 11.9 Å². The number of rotatable bonds is 1. The van der Waals surface area contributed by atoms with Crippen LogP contribution in [0.4, 0.5) is 0 Å². The molecule has 0 atom stereocenters. The Kier molecular flexibility index (Phi) is 2.00. The molecule has 1 heterocycles. The van der Waals surface area contributed by atoms with E-state index in [9.17, 15) is 5.11 Å². The fraction of sp³-hybridized carbons (Fsp3) is 0.182. The summed E-state index contributed by atoms with van der Waals surface area (Å²) < 4.78 is 1.95. The van der Waals surface area contributed by atoms with E-state index >= 15 is 0 Å². The zero-order valence-electron chi connectivity index (χ0n) is 8.23. The van der Waals surface area contributed by atoms with E-state index in [-0.39, 0.29) is 0 Å². The molecule has 0 aliphatic rings. The van der Waals surface area contributed by atoms with Crippen molar-refractivity contribution in [1.29, 1.82) is 0 Å². The van der Waals surface area contributed by atoms with Crippen molar-refractivity contribution in [3.63, 3.8) is 0 Å². The van der Waals surface area contributed by atoms with Crippen LogP contribution in [-0.2, 0) is 0 Å². The van der Waals surface area contributed by atoms with E-state index in [1.165, 1.54) is 0 Å².